The molecule has 5 heteroatoms. The second-order valence-corrected chi connectivity index (χ2v) is 3.94. The molecule has 0 atom stereocenters. The average Bonchev–Trinajstić information content (AvgIpc) is 2.36. The molecular weight excluding hydrogens is 236 g/mol. The van der Waals surface area contributed by atoms with Gasteiger partial charge < -0.3 is 14.9 Å². The van der Waals surface area contributed by atoms with Crippen LogP contribution in [0, 0.1) is 5.41 Å². The first kappa shape index (κ1) is 13.8. The van der Waals surface area contributed by atoms with Gasteiger partial charge in [0.15, 0.2) is 5.41 Å². The highest BCUT2D eigenvalue weighted by Crippen LogP contribution is 2.34. The predicted molar refractivity (Wildman–Crippen MR) is 65.4 cm³/mol. The third kappa shape index (κ3) is 2.20. The van der Waals surface area contributed by atoms with Gasteiger partial charge in [-0.2, -0.15) is 0 Å². The van der Waals surface area contributed by atoms with Gasteiger partial charge in [0.25, 0.3) is 0 Å². The van der Waals surface area contributed by atoms with Crippen molar-refractivity contribution in [3.05, 3.63) is 36.4 Å². The van der Waals surface area contributed by atoms with Crippen LogP contribution in [0.4, 0.5) is 0 Å². The number of rotatable bonds is 5. The Bertz CT molecular complexity index is 473. The van der Waals surface area contributed by atoms with E-state index in [1.54, 1.807) is 24.3 Å². The highest BCUT2D eigenvalue weighted by Gasteiger charge is 2.44. The third-order valence-corrected chi connectivity index (χ3v) is 2.90. The van der Waals surface area contributed by atoms with E-state index in [2.05, 4.69) is 6.58 Å². The molecule has 0 aliphatic rings. The molecule has 0 radical (unpaired) electrons. The number of methoxy groups -OCH3 is 1. The van der Waals surface area contributed by atoms with Crippen molar-refractivity contribution in [1.29, 1.82) is 0 Å². The van der Waals surface area contributed by atoms with Gasteiger partial charge in [0, 0.05) is 0 Å². The zero-order chi connectivity index (χ0) is 13.9. The Morgan fingerprint density at radius 3 is 1.94 bits per heavy atom. The molecule has 2 N–H and O–H groups in total. The van der Waals surface area contributed by atoms with Gasteiger partial charge in [-0.15, -0.1) is 0 Å². The van der Waals surface area contributed by atoms with E-state index in [0.717, 1.165) is 6.92 Å². The van der Waals surface area contributed by atoms with Crippen LogP contribution in [-0.2, 0) is 9.59 Å². The Labute approximate surface area is 104 Å². The summed E-state index contributed by atoms with van der Waals surface area (Å²) in [6.45, 7) is 4.71. The maximum Gasteiger partial charge on any atom is 0.325 e. The molecule has 0 bridgehead atoms. The van der Waals surface area contributed by atoms with Crippen molar-refractivity contribution in [2.75, 3.05) is 7.11 Å². The lowest BCUT2D eigenvalue weighted by atomic mass is 9.79. The minimum absolute atomic E-state index is 0.0187. The van der Waals surface area contributed by atoms with Crippen LogP contribution in [0.3, 0.4) is 0 Å². The van der Waals surface area contributed by atoms with Crippen LogP contribution >= 0.6 is 0 Å². The van der Waals surface area contributed by atoms with Crippen molar-refractivity contribution in [1.82, 2.24) is 0 Å². The summed E-state index contributed by atoms with van der Waals surface area (Å²) in [6.07, 6.45) is 0. The van der Waals surface area contributed by atoms with Crippen molar-refractivity contribution in [2.45, 2.75) is 6.92 Å². The van der Waals surface area contributed by atoms with Crippen molar-refractivity contribution in [3.63, 3.8) is 0 Å². The fraction of sp³-hybridized carbons (Fsp3) is 0.231. The van der Waals surface area contributed by atoms with Crippen molar-refractivity contribution < 1.29 is 24.5 Å². The summed E-state index contributed by atoms with van der Waals surface area (Å²) in [7, 11) is 1.50. The molecule has 0 fully saturated rings. The monoisotopic (exact) mass is 250 g/mol. The van der Waals surface area contributed by atoms with E-state index in [-0.39, 0.29) is 5.57 Å². The zero-order valence-electron chi connectivity index (χ0n) is 10.1. The van der Waals surface area contributed by atoms with Crippen molar-refractivity contribution >= 4 is 17.5 Å². The molecule has 0 saturated heterocycles. The highest BCUT2D eigenvalue weighted by atomic mass is 16.5. The third-order valence-electron chi connectivity index (χ3n) is 2.90. The van der Waals surface area contributed by atoms with Crippen molar-refractivity contribution in [2.24, 2.45) is 5.41 Å². The predicted octanol–water partition coefficient (Wildman–Crippen LogP) is 1.88. The lowest BCUT2D eigenvalue weighted by Gasteiger charge is -2.22. The standard InChI is InChI=1S/C13H14O5/c1-8(13(2,11(14)15)12(16)17)9-4-6-10(18-3)7-5-9/h4-7H,1H2,2-3H3,(H,14,15)(H,16,17). The minimum Gasteiger partial charge on any atom is -0.497 e. The summed E-state index contributed by atoms with van der Waals surface area (Å²) < 4.78 is 4.97. The molecule has 0 aliphatic heterocycles. The summed E-state index contributed by atoms with van der Waals surface area (Å²) >= 11 is 0. The SMILES string of the molecule is C=C(c1ccc(OC)cc1)C(C)(C(=O)O)C(=O)O. The molecule has 1 rings (SSSR count). The average molecular weight is 250 g/mol. The van der Waals surface area contributed by atoms with Crippen LogP contribution in [0.5, 0.6) is 5.75 Å². The van der Waals surface area contributed by atoms with Gasteiger partial charge >= 0.3 is 11.9 Å². The quantitative estimate of drug-likeness (QED) is 0.779. The normalized spacial score (nSPS) is 10.8. The van der Waals surface area contributed by atoms with E-state index in [9.17, 15) is 9.59 Å². The smallest absolute Gasteiger partial charge is 0.325 e. The number of carbonyl (C=O) groups is 2. The maximum absolute atomic E-state index is 11.1. The fourth-order valence-corrected chi connectivity index (χ4v) is 1.43. The highest BCUT2D eigenvalue weighted by molar-refractivity contribution is 6.09. The summed E-state index contributed by atoms with van der Waals surface area (Å²) in [4.78, 5) is 22.3. The molecule has 0 spiro atoms. The van der Waals surface area contributed by atoms with Crippen molar-refractivity contribution in [3.8, 4) is 5.75 Å². The molecule has 5 nitrogen and oxygen atoms in total. The Balaban J connectivity index is 3.18. The Hall–Kier alpha value is -2.30. The molecular formula is C13H14O5. The van der Waals surface area contributed by atoms with Crippen LogP contribution in [0.2, 0.25) is 0 Å². The van der Waals surface area contributed by atoms with E-state index in [1.165, 1.54) is 7.11 Å². The Morgan fingerprint density at radius 2 is 1.61 bits per heavy atom. The first-order valence-corrected chi connectivity index (χ1v) is 5.14. The second-order valence-electron chi connectivity index (χ2n) is 3.94. The topological polar surface area (TPSA) is 83.8 Å². The van der Waals surface area contributed by atoms with Gasteiger partial charge in [0.2, 0.25) is 0 Å². The summed E-state index contributed by atoms with van der Waals surface area (Å²) in [5, 5.41) is 18.1. The number of carboxylic acids is 2. The number of carboxylic acid groups (broad SMARTS) is 2. The Kier molecular flexibility index (Phi) is 3.76. The molecule has 0 unspecified atom stereocenters. The van der Waals surface area contributed by atoms with Gasteiger partial charge in [-0.05, 0) is 30.2 Å². The van der Waals surface area contributed by atoms with E-state index in [1.807, 2.05) is 0 Å². The largest absolute Gasteiger partial charge is 0.497 e. The lowest BCUT2D eigenvalue weighted by Crippen LogP contribution is -2.37. The number of aliphatic carboxylic acids is 2. The van der Waals surface area contributed by atoms with Crippen LogP contribution in [0.1, 0.15) is 12.5 Å². The van der Waals surface area contributed by atoms with Gasteiger partial charge in [-0.25, -0.2) is 0 Å². The van der Waals surface area contributed by atoms with E-state index in [4.69, 9.17) is 14.9 Å². The summed E-state index contributed by atoms with van der Waals surface area (Å²) in [5.74, 6) is -2.30. The van der Waals surface area contributed by atoms with E-state index in [0.29, 0.717) is 11.3 Å². The van der Waals surface area contributed by atoms with Gasteiger partial charge in [0.1, 0.15) is 5.75 Å². The second kappa shape index (κ2) is 4.91. The molecule has 1 aromatic carbocycles. The van der Waals surface area contributed by atoms with E-state index >= 15 is 0 Å². The van der Waals surface area contributed by atoms with Crippen LogP contribution < -0.4 is 4.74 Å². The molecule has 1 aromatic rings. The van der Waals surface area contributed by atoms with Crippen LogP contribution in [0.15, 0.2) is 30.8 Å². The molecule has 0 heterocycles. The fourth-order valence-electron chi connectivity index (χ4n) is 1.43. The van der Waals surface area contributed by atoms with Gasteiger partial charge in [-0.1, -0.05) is 18.7 Å². The minimum atomic E-state index is -2.05. The first-order valence-electron chi connectivity index (χ1n) is 5.14. The first-order chi connectivity index (χ1) is 8.33. The maximum atomic E-state index is 11.1. The number of ether oxygens (including phenoxy) is 1. The van der Waals surface area contributed by atoms with Crippen LogP contribution in [0.25, 0.3) is 5.57 Å². The van der Waals surface area contributed by atoms with E-state index < -0.39 is 17.4 Å². The number of benzene rings is 1. The number of hydrogen-bond acceptors (Lipinski definition) is 3. The molecule has 0 aromatic heterocycles. The van der Waals surface area contributed by atoms with Gasteiger partial charge in [-0.3, -0.25) is 9.59 Å². The molecule has 0 amide bonds. The Morgan fingerprint density at radius 1 is 1.17 bits per heavy atom. The molecule has 18 heavy (non-hydrogen) atoms. The van der Waals surface area contributed by atoms with Gasteiger partial charge in [0.05, 0.1) is 7.11 Å². The molecule has 96 valence electrons. The molecule has 0 saturated carbocycles. The molecule has 0 aliphatic carbocycles. The summed E-state index contributed by atoms with van der Waals surface area (Å²) in [6, 6.07) is 6.38. The van der Waals surface area contributed by atoms with Crippen LogP contribution in [-0.4, -0.2) is 29.3 Å². The zero-order valence-corrected chi connectivity index (χ0v) is 10.1. The number of hydrogen-bond donors (Lipinski definition) is 2. The summed E-state index contributed by atoms with van der Waals surface area (Å²) in [5.41, 5.74) is -1.58. The lowest BCUT2D eigenvalue weighted by molar-refractivity contribution is -0.158.